The molecule has 0 saturated heterocycles. The molecular weight excluding hydrogens is 516 g/mol. The summed E-state index contributed by atoms with van der Waals surface area (Å²) < 4.78 is 5.26. The first-order chi connectivity index (χ1) is 19.8. The van der Waals surface area contributed by atoms with Crippen LogP contribution in [0.2, 0.25) is 0 Å². The average molecular weight is 551 g/mol. The summed E-state index contributed by atoms with van der Waals surface area (Å²) in [5.41, 5.74) is 3.70. The molecule has 8 nitrogen and oxygen atoms in total. The molecule has 41 heavy (non-hydrogen) atoms. The smallest absolute Gasteiger partial charge is 0.258 e. The first kappa shape index (κ1) is 27.9. The summed E-state index contributed by atoms with van der Waals surface area (Å²) in [6, 6.07) is 25.0. The van der Waals surface area contributed by atoms with Crippen LogP contribution in [0.25, 0.3) is 10.8 Å². The quantitative estimate of drug-likeness (QED) is 0.355. The van der Waals surface area contributed by atoms with E-state index in [2.05, 4.69) is 28.8 Å². The summed E-state index contributed by atoms with van der Waals surface area (Å²) in [4.78, 5) is 44.6. The summed E-state index contributed by atoms with van der Waals surface area (Å²) >= 11 is 0. The van der Waals surface area contributed by atoms with Gasteiger partial charge in [-0.2, -0.15) is 0 Å². The molecule has 1 heterocycles. The molecule has 2 N–H and O–H groups in total. The SMILES string of the molecule is CNC(C)C(=O)N[C@H]1CN(C(=O)c2ccc(OC)cc2)c2ccccc2N(Cc2c(C)ccc3ccccc23)C1=O. The number of aryl methyl sites for hydroxylation is 1. The van der Waals surface area contributed by atoms with Crippen molar-refractivity contribution in [2.75, 3.05) is 30.5 Å². The number of fused-ring (bicyclic) bond motifs is 2. The molecule has 0 fully saturated rings. The van der Waals surface area contributed by atoms with Crippen molar-refractivity contribution in [1.29, 1.82) is 0 Å². The number of anilines is 2. The number of nitrogens with zero attached hydrogens (tertiary/aromatic N) is 2. The molecule has 1 unspecified atom stereocenters. The minimum absolute atomic E-state index is 0.0199. The van der Waals surface area contributed by atoms with E-state index in [0.717, 1.165) is 21.9 Å². The van der Waals surface area contributed by atoms with Crippen molar-refractivity contribution >= 4 is 39.9 Å². The third-order valence-corrected chi connectivity index (χ3v) is 7.71. The van der Waals surface area contributed by atoms with Gasteiger partial charge in [-0.3, -0.25) is 14.4 Å². The van der Waals surface area contributed by atoms with Gasteiger partial charge >= 0.3 is 0 Å². The maximum atomic E-state index is 14.3. The highest BCUT2D eigenvalue weighted by atomic mass is 16.5. The van der Waals surface area contributed by atoms with Crippen molar-refractivity contribution in [3.05, 3.63) is 102 Å². The third kappa shape index (κ3) is 5.51. The van der Waals surface area contributed by atoms with E-state index in [1.165, 1.54) is 0 Å². The van der Waals surface area contributed by atoms with Gasteiger partial charge in [0.1, 0.15) is 11.8 Å². The maximum Gasteiger partial charge on any atom is 0.258 e. The number of hydrogen-bond acceptors (Lipinski definition) is 5. The van der Waals surface area contributed by atoms with E-state index in [1.807, 2.05) is 49.4 Å². The number of methoxy groups -OCH3 is 1. The zero-order valence-electron chi connectivity index (χ0n) is 23.7. The zero-order chi connectivity index (χ0) is 29.1. The van der Waals surface area contributed by atoms with Gasteiger partial charge in [-0.15, -0.1) is 0 Å². The molecule has 4 aromatic rings. The zero-order valence-corrected chi connectivity index (χ0v) is 23.7. The van der Waals surface area contributed by atoms with Crippen LogP contribution in [0.5, 0.6) is 5.75 Å². The molecule has 4 aromatic carbocycles. The van der Waals surface area contributed by atoms with Crippen LogP contribution in [-0.2, 0) is 16.1 Å². The fourth-order valence-corrected chi connectivity index (χ4v) is 5.18. The van der Waals surface area contributed by atoms with E-state index in [-0.39, 0.29) is 30.8 Å². The number of para-hydroxylation sites is 2. The Bertz CT molecular complexity index is 1600. The first-order valence-corrected chi connectivity index (χ1v) is 13.6. The van der Waals surface area contributed by atoms with Crippen molar-refractivity contribution in [3.8, 4) is 5.75 Å². The fraction of sp³-hybridized carbons (Fsp3) is 0.242. The minimum Gasteiger partial charge on any atom is -0.497 e. The number of benzene rings is 4. The Morgan fingerprint density at radius 3 is 2.34 bits per heavy atom. The number of carbonyl (C=O) groups is 3. The van der Waals surface area contributed by atoms with Gasteiger partial charge < -0.3 is 25.2 Å². The van der Waals surface area contributed by atoms with Gasteiger partial charge in [-0.1, -0.05) is 48.5 Å². The second kappa shape index (κ2) is 11.8. The van der Waals surface area contributed by atoms with E-state index < -0.39 is 12.1 Å². The molecule has 0 bridgehead atoms. The standard InChI is InChI=1S/C33H34N4O4/c1-21-13-14-23-9-5-6-10-26(23)27(21)19-36-29-11-7-8-12-30(29)37(32(39)24-15-17-25(41-4)18-16-24)20-28(33(36)40)35-31(38)22(2)34-3/h5-18,22,28,34H,19-20H2,1-4H3,(H,35,38)/t22?,28-/m0/s1. The van der Waals surface area contributed by atoms with Crippen molar-refractivity contribution in [2.24, 2.45) is 0 Å². The minimum atomic E-state index is -0.969. The average Bonchev–Trinajstić information content (AvgIpc) is 3.12. The number of carbonyl (C=O) groups excluding carboxylic acids is 3. The highest BCUT2D eigenvalue weighted by Gasteiger charge is 2.38. The van der Waals surface area contributed by atoms with Crippen LogP contribution in [0.1, 0.15) is 28.4 Å². The topological polar surface area (TPSA) is 91.0 Å². The van der Waals surface area contributed by atoms with Gasteiger partial charge in [0.05, 0.1) is 37.6 Å². The Morgan fingerprint density at radius 2 is 1.63 bits per heavy atom. The summed E-state index contributed by atoms with van der Waals surface area (Å²) in [5.74, 6) is -0.255. The fourth-order valence-electron chi connectivity index (χ4n) is 5.18. The molecule has 8 heteroatoms. The number of nitrogens with one attached hydrogen (secondary N) is 2. The summed E-state index contributed by atoms with van der Waals surface area (Å²) in [6.45, 7) is 4.02. The van der Waals surface area contributed by atoms with Crippen LogP contribution in [-0.4, -0.2) is 50.5 Å². The van der Waals surface area contributed by atoms with Crippen LogP contribution >= 0.6 is 0 Å². The monoisotopic (exact) mass is 550 g/mol. The van der Waals surface area contributed by atoms with E-state index in [0.29, 0.717) is 22.7 Å². The van der Waals surface area contributed by atoms with Crippen molar-refractivity contribution in [3.63, 3.8) is 0 Å². The molecular formula is C33H34N4O4. The van der Waals surface area contributed by atoms with Gasteiger partial charge in [0, 0.05) is 5.56 Å². The molecule has 0 radical (unpaired) electrons. The number of amides is 3. The van der Waals surface area contributed by atoms with Crippen molar-refractivity contribution < 1.29 is 19.1 Å². The third-order valence-electron chi connectivity index (χ3n) is 7.71. The first-order valence-electron chi connectivity index (χ1n) is 13.6. The molecule has 0 saturated carbocycles. The van der Waals surface area contributed by atoms with E-state index in [4.69, 9.17) is 4.74 Å². The van der Waals surface area contributed by atoms with Crippen LogP contribution in [0.15, 0.2) is 84.9 Å². The highest BCUT2D eigenvalue weighted by Crippen LogP contribution is 2.36. The molecule has 0 spiro atoms. The highest BCUT2D eigenvalue weighted by molar-refractivity contribution is 6.13. The molecule has 0 aromatic heterocycles. The second-order valence-corrected chi connectivity index (χ2v) is 10.2. The normalized spacial score (nSPS) is 15.7. The molecule has 5 rings (SSSR count). The van der Waals surface area contributed by atoms with Gasteiger partial charge in [-0.25, -0.2) is 0 Å². The lowest BCUT2D eigenvalue weighted by molar-refractivity contribution is -0.128. The Hall–Kier alpha value is -4.69. The predicted octanol–water partition coefficient (Wildman–Crippen LogP) is 4.44. The van der Waals surface area contributed by atoms with E-state index >= 15 is 0 Å². The number of ether oxygens (including phenoxy) is 1. The molecule has 1 aliphatic rings. The number of likely N-dealkylation sites (N-methyl/N-ethyl adjacent to an activating group) is 1. The van der Waals surface area contributed by atoms with Gasteiger partial charge in [-0.05, 0) is 79.2 Å². The summed E-state index contributed by atoms with van der Waals surface area (Å²) in [7, 11) is 3.25. The van der Waals surface area contributed by atoms with E-state index in [1.54, 1.807) is 55.1 Å². The molecule has 2 atom stereocenters. The largest absolute Gasteiger partial charge is 0.497 e. The molecule has 210 valence electrons. The molecule has 0 aliphatic carbocycles. The van der Waals surface area contributed by atoms with Crippen LogP contribution in [0.4, 0.5) is 11.4 Å². The maximum absolute atomic E-state index is 14.3. The van der Waals surface area contributed by atoms with Crippen molar-refractivity contribution in [2.45, 2.75) is 32.5 Å². The Balaban J connectivity index is 1.62. The Kier molecular flexibility index (Phi) is 8.03. The van der Waals surface area contributed by atoms with E-state index in [9.17, 15) is 14.4 Å². The lowest BCUT2D eigenvalue weighted by Gasteiger charge is -2.27. The summed E-state index contributed by atoms with van der Waals surface area (Å²) in [6.07, 6.45) is 0. The van der Waals surface area contributed by atoms with Crippen molar-refractivity contribution in [1.82, 2.24) is 10.6 Å². The Morgan fingerprint density at radius 1 is 0.951 bits per heavy atom. The predicted molar refractivity (Wildman–Crippen MR) is 161 cm³/mol. The van der Waals surface area contributed by atoms with Gasteiger partial charge in [0.25, 0.3) is 11.8 Å². The van der Waals surface area contributed by atoms with Gasteiger partial charge in [0.15, 0.2) is 0 Å². The molecule has 1 aliphatic heterocycles. The Labute approximate surface area is 239 Å². The lowest BCUT2D eigenvalue weighted by atomic mass is 9.99. The lowest BCUT2D eigenvalue weighted by Crippen LogP contribution is -2.55. The summed E-state index contributed by atoms with van der Waals surface area (Å²) in [5, 5.41) is 7.96. The molecule has 3 amide bonds. The number of hydrogen-bond donors (Lipinski definition) is 2. The van der Waals surface area contributed by atoms with Gasteiger partial charge in [0.2, 0.25) is 5.91 Å². The van der Waals surface area contributed by atoms with Crippen LogP contribution in [0, 0.1) is 6.92 Å². The van der Waals surface area contributed by atoms with Crippen LogP contribution < -0.4 is 25.2 Å². The van der Waals surface area contributed by atoms with Crippen LogP contribution in [0.3, 0.4) is 0 Å². The second-order valence-electron chi connectivity index (χ2n) is 10.2. The number of rotatable bonds is 7.